The van der Waals surface area contributed by atoms with E-state index in [-0.39, 0.29) is 18.9 Å². The Kier molecular flexibility index (Phi) is 4.93. The molecule has 0 saturated carbocycles. The van der Waals surface area contributed by atoms with E-state index in [0.29, 0.717) is 0 Å². The predicted octanol–water partition coefficient (Wildman–Crippen LogP) is -0.939. The van der Waals surface area contributed by atoms with Crippen molar-refractivity contribution in [2.75, 3.05) is 0 Å². The minimum absolute atomic E-state index is 0. The maximum absolute atomic E-state index is 2.08. The van der Waals surface area contributed by atoms with E-state index >= 15 is 0 Å². The van der Waals surface area contributed by atoms with Crippen molar-refractivity contribution in [3.05, 3.63) is 15.9 Å². The molecule has 0 aromatic rings. The molecule has 0 nitrogen and oxygen atoms in total. The van der Waals surface area contributed by atoms with Crippen molar-refractivity contribution in [2.45, 2.75) is 0 Å². The Morgan fingerprint density at radius 3 is 1.83 bits per heavy atom. The molecule has 0 atom stereocenters. The van der Waals surface area contributed by atoms with Gasteiger partial charge in [0, 0.05) is 0 Å². The van der Waals surface area contributed by atoms with Gasteiger partial charge in [0.15, 0.2) is 0 Å². The molecule has 6 heavy (non-hydrogen) atoms. The maximum Gasteiger partial charge on any atom is 1.00 e. The Balaban J connectivity index is 0.000000250. The molecule has 0 radical (unpaired) electrons. The van der Waals surface area contributed by atoms with Crippen LogP contribution in [0.2, 0.25) is 0 Å². The minimum atomic E-state index is 0. The van der Waals surface area contributed by atoms with Crippen molar-refractivity contribution < 1.29 is 18.9 Å². The van der Waals surface area contributed by atoms with E-state index < -0.39 is 0 Å². The third-order valence-corrected chi connectivity index (χ3v) is 1.97. The zero-order valence-electron chi connectivity index (χ0n) is 3.55. The second kappa shape index (κ2) is 4.20. The fourth-order valence-electron chi connectivity index (χ4n) is 0.160. The van der Waals surface area contributed by atoms with Crippen LogP contribution in [-0.2, 0) is 0 Å². The molecule has 0 fully saturated rings. The quantitative estimate of drug-likeness (QED) is 0.291. The molecule has 0 N–H and O–H groups in total. The Labute approximate surface area is 58.3 Å². The van der Waals surface area contributed by atoms with Crippen LogP contribution in [0.5, 0.6) is 0 Å². The van der Waals surface area contributed by atoms with E-state index in [1.165, 1.54) is 0 Å². The zero-order chi connectivity index (χ0) is 3.54. The molecule has 1 aliphatic heterocycles. The molecule has 28 valence electrons. The van der Waals surface area contributed by atoms with Gasteiger partial charge in [-0.05, 0) is 0 Å². The molecule has 0 amide bonds. The second-order valence-corrected chi connectivity index (χ2v) is 2.50. The molecule has 0 aromatic carbocycles. The molecule has 0 aliphatic carbocycles. The van der Waals surface area contributed by atoms with Crippen LogP contribution in [0, 0.1) is 5.08 Å². The van der Waals surface area contributed by atoms with Gasteiger partial charge in [0.05, 0.1) is 0 Å². The average molecular weight is 110 g/mol. The smallest absolute Gasteiger partial charge is 0.313 e. The third kappa shape index (κ3) is 2.25. The molecule has 0 unspecified atom stereocenters. The van der Waals surface area contributed by atoms with Gasteiger partial charge in [-0.25, -0.2) is 5.08 Å². The van der Waals surface area contributed by atoms with Crippen LogP contribution in [0.4, 0.5) is 0 Å². The van der Waals surface area contributed by atoms with Crippen LogP contribution < -0.4 is 18.9 Å². The summed E-state index contributed by atoms with van der Waals surface area (Å²) in [7, 11) is 0. The van der Waals surface area contributed by atoms with E-state index in [1.807, 2.05) is 0 Å². The number of rotatable bonds is 0. The first-order valence-electron chi connectivity index (χ1n) is 1.28. The van der Waals surface area contributed by atoms with Gasteiger partial charge in [-0.3, -0.25) is 0 Å². The second-order valence-electron chi connectivity index (χ2n) is 0.641. The van der Waals surface area contributed by atoms with Crippen molar-refractivity contribution in [1.82, 2.24) is 0 Å². The summed E-state index contributed by atoms with van der Waals surface area (Å²) < 4.78 is 0. The van der Waals surface area contributed by atoms with Crippen molar-refractivity contribution in [3.8, 4) is 0 Å². The third-order valence-electron chi connectivity index (χ3n) is 0.324. The van der Waals surface area contributed by atoms with E-state index in [9.17, 15) is 0 Å². The number of hydrogen-bond acceptors (Lipinski definition) is 2. The molecule has 0 bridgehead atoms. The molecule has 0 spiro atoms. The number of hydrogen-bond donors (Lipinski definition) is 0. The van der Waals surface area contributed by atoms with E-state index in [4.69, 9.17) is 0 Å². The van der Waals surface area contributed by atoms with Crippen molar-refractivity contribution in [1.29, 1.82) is 0 Å². The molecule has 1 aliphatic rings. The summed E-state index contributed by atoms with van der Waals surface area (Å²) in [6, 6.07) is 0. The summed E-state index contributed by atoms with van der Waals surface area (Å²) >= 11 is 3.46. The fraction of sp³-hybridized carbons (Fsp3) is 0. The molecule has 0 saturated heterocycles. The first kappa shape index (κ1) is 7.04. The first-order chi connectivity index (χ1) is 2.50. The van der Waals surface area contributed by atoms with Gasteiger partial charge in [0.25, 0.3) is 0 Å². The van der Waals surface area contributed by atoms with E-state index in [0.717, 1.165) is 0 Å². The van der Waals surface area contributed by atoms with Gasteiger partial charge >= 0.3 is 18.9 Å². The van der Waals surface area contributed by atoms with Gasteiger partial charge in [-0.2, -0.15) is 0 Å². The largest absolute Gasteiger partial charge is 1.00 e. The Bertz CT molecular complexity index is 46.8. The van der Waals surface area contributed by atoms with Crippen LogP contribution >= 0.6 is 23.5 Å². The van der Waals surface area contributed by atoms with Gasteiger partial charge in [-0.15, -0.1) is 0 Å². The number of thioether (sulfide) groups is 2. The normalized spacial score (nSPS) is 17.3. The van der Waals surface area contributed by atoms with Crippen LogP contribution in [0.1, 0.15) is 0 Å². The summed E-state index contributed by atoms with van der Waals surface area (Å²) in [5, 5.41) is 6.20. The first-order valence-corrected chi connectivity index (χ1v) is 3.16. The Hall–Kier alpha value is 1.04. The summed E-state index contributed by atoms with van der Waals surface area (Å²) in [5.74, 6) is 0. The monoisotopic (exact) mass is 110 g/mol. The minimum Gasteiger partial charge on any atom is -0.313 e. The van der Waals surface area contributed by atoms with Crippen LogP contribution in [-0.4, -0.2) is 0 Å². The van der Waals surface area contributed by atoms with Gasteiger partial charge in [-0.1, -0.05) is 10.8 Å². The molecular formula is C3H3LiS2. The van der Waals surface area contributed by atoms with Crippen LogP contribution in [0.3, 0.4) is 0 Å². The van der Waals surface area contributed by atoms with E-state index in [1.54, 1.807) is 23.5 Å². The van der Waals surface area contributed by atoms with E-state index in [2.05, 4.69) is 15.9 Å². The average Bonchev–Trinajstić information content (AvgIpc) is 1.76. The van der Waals surface area contributed by atoms with Crippen molar-refractivity contribution in [3.63, 3.8) is 0 Å². The summed E-state index contributed by atoms with van der Waals surface area (Å²) in [6.45, 7) is 0. The molecule has 1 heterocycles. The standard InChI is InChI=1S/C3H3S2.Li/c1-2-5-3-4-1;/h1-3H;/q-1;+1. The topological polar surface area (TPSA) is 0 Å². The Morgan fingerprint density at radius 2 is 1.67 bits per heavy atom. The van der Waals surface area contributed by atoms with Crippen molar-refractivity contribution >= 4 is 23.5 Å². The van der Waals surface area contributed by atoms with Gasteiger partial charge in [0.1, 0.15) is 0 Å². The molecular weight excluding hydrogens is 107 g/mol. The molecule has 1 rings (SSSR count). The Morgan fingerprint density at radius 1 is 1.17 bits per heavy atom. The van der Waals surface area contributed by atoms with Gasteiger partial charge in [0.2, 0.25) is 0 Å². The van der Waals surface area contributed by atoms with Crippen LogP contribution in [0.15, 0.2) is 10.8 Å². The predicted molar refractivity (Wildman–Crippen MR) is 28.6 cm³/mol. The summed E-state index contributed by atoms with van der Waals surface area (Å²) in [5.41, 5.74) is 0. The molecule has 0 aromatic heterocycles. The fourth-order valence-corrected chi connectivity index (χ4v) is 1.44. The summed E-state index contributed by atoms with van der Waals surface area (Å²) in [4.78, 5) is 0. The van der Waals surface area contributed by atoms with Gasteiger partial charge < -0.3 is 23.5 Å². The zero-order valence-corrected chi connectivity index (χ0v) is 5.18. The summed E-state index contributed by atoms with van der Waals surface area (Å²) in [6.07, 6.45) is 0. The molecule has 3 heteroatoms. The maximum atomic E-state index is 2.08. The van der Waals surface area contributed by atoms with Crippen molar-refractivity contribution in [2.24, 2.45) is 0 Å². The SMILES string of the molecule is C1=CS[CH-]S1.[Li+]. The van der Waals surface area contributed by atoms with Crippen LogP contribution in [0.25, 0.3) is 0 Å².